The largest absolute Gasteiger partial charge is 0.285 e. The van der Waals surface area contributed by atoms with Crippen molar-refractivity contribution in [1.82, 2.24) is 0 Å². The molecule has 0 radical (unpaired) electrons. The molecule has 1 aromatic rings. The van der Waals surface area contributed by atoms with Crippen molar-refractivity contribution in [3.8, 4) is 0 Å². The fraction of sp³-hybridized carbons (Fsp3) is 0.375. The summed E-state index contributed by atoms with van der Waals surface area (Å²) in [5.41, 5.74) is 0.634. The monoisotopic (exact) mass is 294 g/mol. The van der Waals surface area contributed by atoms with Gasteiger partial charge in [0.25, 0.3) is 10.1 Å². The summed E-state index contributed by atoms with van der Waals surface area (Å²) in [5, 5.41) is -0.848. The molecule has 0 aliphatic heterocycles. The van der Waals surface area contributed by atoms with Gasteiger partial charge in [0, 0.05) is 0 Å². The van der Waals surface area contributed by atoms with E-state index in [2.05, 4.69) is 19.1 Å². The molecule has 0 saturated carbocycles. The minimum Gasteiger partial charge on any atom is -0.285 e. The van der Waals surface area contributed by atoms with E-state index in [9.17, 15) is 13.0 Å². The molecule has 0 amide bonds. The van der Waals surface area contributed by atoms with Gasteiger partial charge in [-0.15, -0.1) is 0 Å². The van der Waals surface area contributed by atoms with Crippen LogP contribution in [0.15, 0.2) is 54.6 Å². The average Bonchev–Trinajstić information content (AvgIpc) is 2.41. The number of benzene rings is 1. The van der Waals surface area contributed by atoms with Crippen molar-refractivity contribution in [3.05, 3.63) is 60.2 Å². The molecule has 0 bridgehead atoms. The third kappa shape index (κ3) is 6.17. The molecule has 20 heavy (non-hydrogen) atoms. The molecule has 0 saturated heterocycles. The van der Waals surface area contributed by atoms with Gasteiger partial charge in [-0.1, -0.05) is 61.6 Å². The zero-order chi connectivity index (χ0) is 14.8. The fourth-order valence-corrected chi connectivity index (χ4v) is 2.89. The summed E-state index contributed by atoms with van der Waals surface area (Å²) in [4.78, 5) is 0. The van der Waals surface area contributed by atoms with E-state index in [-0.39, 0.29) is 0 Å². The van der Waals surface area contributed by atoms with Crippen molar-refractivity contribution in [1.29, 1.82) is 0 Å². The molecule has 0 fully saturated rings. The van der Waals surface area contributed by atoms with E-state index in [1.165, 1.54) is 0 Å². The van der Waals surface area contributed by atoms with Crippen LogP contribution in [-0.4, -0.2) is 13.0 Å². The number of allylic oxidation sites excluding steroid dienone is 4. The highest BCUT2D eigenvalue weighted by molar-refractivity contribution is 7.86. The zero-order valence-electron chi connectivity index (χ0n) is 11.8. The molecule has 0 aliphatic carbocycles. The summed E-state index contributed by atoms with van der Waals surface area (Å²) in [7, 11) is -4.07. The molecule has 1 aromatic carbocycles. The van der Waals surface area contributed by atoms with Gasteiger partial charge in [-0.3, -0.25) is 4.55 Å². The van der Waals surface area contributed by atoms with Crippen LogP contribution in [0.2, 0.25) is 0 Å². The molecule has 1 atom stereocenters. The predicted molar refractivity (Wildman–Crippen MR) is 83.2 cm³/mol. The van der Waals surface area contributed by atoms with Gasteiger partial charge in [-0.25, -0.2) is 0 Å². The second kappa shape index (κ2) is 8.72. The molecule has 0 spiro atoms. The maximum absolute atomic E-state index is 11.5. The van der Waals surface area contributed by atoms with Crippen LogP contribution in [0.25, 0.3) is 0 Å². The van der Waals surface area contributed by atoms with Crippen LogP contribution in [0.4, 0.5) is 0 Å². The Morgan fingerprint density at radius 3 is 2.35 bits per heavy atom. The Hall–Kier alpha value is -1.39. The average molecular weight is 294 g/mol. The predicted octanol–water partition coefficient (Wildman–Crippen LogP) is 4.31. The van der Waals surface area contributed by atoms with E-state index in [0.29, 0.717) is 18.4 Å². The highest BCUT2D eigenvalue weighted by Gasteiger charge is 2.23. The van der Waals surface area contributed by atoms with E-state index in [4.69, 9.17) is 0 Å². The van der Waals surface area contributed by atoms with E-state index >= 15 is 0 Å². The standard InChI is InChI=1S/C16H22O3S/c1-2-3-4-5-6-7-11-14-16(20(17,18)19)15-12-9-8-10-13-15/h3-4,6-10,12-13,16H,2,5,11,14H2,1H3,(H,17,18,19). The van der Waals surface area contributed by atoms with Crippen LogP contribution >= 0.6 is 0 Å². The third-order valence-electron chi connectivity index (χ3n) is 2.97. The summed E-state index contributed by atoms with van der Waals surface area (Å²) in [6.45, 7) is 2.08. The molecule has 110 valence electrons. The quantitative estimate of drug-likeness (QED) is 0.574. The van der Waals surface area contributed by atoms with Gasteiger partial charge < -0.3 is 0 Å². The van der Waals surface area contributed by atoms with Crippen LogP contribution < -0.4 is 0 Å². The molecular weight excluding hydrogens is 272 g/mol. The van der Waals surface area contributed by atoms with Gasteiger partial charge in [0.1, 0.15) is 5.25 Å². The van der Waals surface area contributed by atoms with E-state index in [1.807, 2.05) is 18.2 Å². The molecule has 4 heteroatoms. The summed E-state index contributed by atoms with van der Waals surface area (Å²) in [6, 6.07) is 8.83. The van der Waals surface area contributed by atoms with Crippen molar-refractivity contribution >= 4 is 10.1 Å². The van der Waals surface area contributed by atoms with Crippen molar-refractivity contribution in [2.45, 2.75) is 37.9 Å². The lowest BCUT2D eigenvalue weighted by Crippen LogP contribution is -2.11. The minimum absolute atomic E-state index is 0.386. The van der Waals surface area contributed by atoms with Crippen LogP contribution in [0.3, 0.4) is 0 Å². The Bertz CT molecular complexity index is 530. The van der Waals surface area contributed by atoms with Gasteiger partial charge in [0.05, 0.1) is 0 Å². The Morgan fingerprint density at radius 1 is 1.10 bits per heavy atom. The number of hydrogen-bond donors (Lipinski definition) is 1. The molecule has 0 heterocycles. The molecule has 1 unspecified atom stereocenters. The first-order valence-corrected chi connectivity index (χ1v) is 8.37. The molecule has 3 nitrogen and oxygen atoms in total. The SMILES string of the molecule is CCC=CCC=CCCC(c1ccccc1)S(=O)(=O)O. The van der Waals surface area contributed by atoms with Crippen LogP contribution in [-0.2, 0) is 10.1 Å². The van der Waals surface area contributed by atoms with Crippen LogP contribution in [0, 0.1) is 0 Å². The molecular formula is C16H22O3S. The Balaban J connectivity index is 2.58. The third-order valence-corrected chi connectivity index (χ3v) is 4.19. The lowest BCUT2D eigenvalue weighted by Gasteiger charge is -2.12. The van der Waals surface area contributed by atoms with E-state index in [1.54, 1.807) is 24.3 Å². The van der Waals surface area contributed by atoms with E-state index in [0.717, 1.165) is 12.8 Å². The van der Waals surface area contributed by atoms with Gasteiger partial charge in [-0.2, -0.15) is 8.42 Å². The van der Waals surface area contributed by atoms with Crippen LogP contribution in [0.1, 0.15) is 43.4 Å². The van der Waals surface area contributed by atoms with Gasteiger partial charge in [0.2, 0.25) is 0 Å². The fourth-order valence-electron chi connectivity index (χ4n) is 1.96. The maximum atomic E-state index is 11.5. The van der Waals surface area contributed by atoms with Gasteiger partial charge >= 0.3 is 0 Å². The Labute approximate surface area is 121 Å². The number of rotatable bonds is 8. The van der Waals surface area contributed by atoms with Crippen molar-refractivity contribution in [3.63, 3.8) is 0 Å². The van der Waals surface area contributed by atoms with Crippen molar-refractivity contribution in [2.24, 2.45) is 0 Å². The zero-order valence-corrected chi connectivity index (χ0v) is 12.6. The minimum atomic E-state index is -4.07. The molecule has 1 rings (SSSR count). The first-order valence-electron chi connectivity index (χ1n) is 6.87. The van der Waals surface area contributed by atoms with Crippen molar-refractivity contribution < 1.29 is 13.0 Å². The lowest BCUT2D eigenvalue weighted by atomic mass is 10.1. The second-order valence-corrected chi connectivity index (χ2v) is 6.18. The van der Waals surface area contributed by atoms with Gasteiger partial charge in [-0.05, 0) is 31.2 Å². The molecule has 1 N–H and O–H groups in total. The molecule has 0 aromatic heterocycles. The van der Waals surface area contributed by atoms with Crippen LogP contribution in [0.5, 0.6) is 0 Å². The summed E-state index contributed by atoms with van der Waals surface area (Å²) in [5.74, 6) is 0. The first-order chi connectivity index (χ1) is 9.55. The summed E-state index contributed by atoms with van der Waals surface area (Å²) < 4.78 is 32.3. The smallest absolute Gasteiger partial charge is 0.272 e. The highest BCUT2D eigenvalue weighted by atomic mass is 32.2. The van der Waals surface area contributed by atoms with Gasteiger partial charge in [0.15, 0.2) is 0 Å². The first kappa shape index (κ1) is 16.7. The maximum Gasteiger partial charge on any atom is 0.272 e. The summed E-state index contributed by atoms with van der Waals surface area (Å²) >= 11 is 0. The second-order valence-electron chi connectivity index (χ2n) is 4.58. The number of hydrogen-bond acceptors (Lipinski definition) is 2. The Morgan fingerprint density at radius 2 is 1.75 bits per heavy atom. The topological polar surface area (TPSA) is 54.4 Å². The summed E-state index contributed by atoms with van der Waals surface area (Å²) in [6.07, 6.45) is 11.0. The van der Waals surface area contributed by atoms with E-state index < -0.39 is 15.4 Å². The lowest BCUT2D eigenvalue weighted by molar-refractivity contribution is 0.464. The highest BCUT2D eigenvalue weighted by Crippen LogP contribution is 2.26. The normalized spacial score (nSPS) is 14.1. The molecule has 0 aliphatic rings. The van der Waals surface area contributed by atoms with Crippen molar-refractivity contribution in [2.75, 3.05) is 0 Å². The Kier molecular flexibility index (Phi) is 7.26.